The van der Waals surface area contributed by atoms with Gasteiger partial charge in [-0.1, -0.05) is 30.1 Å². The minimum Gasteiger partial charge on any atom is -0.275 e. The summed E-state index contributed by atoms with van der Waals surface area (Å²) in [5.41, 5.74) is 0.802. The lowest BCUT2D eigenvalue weighted by Gasteiger charge is -2.19. The summed E-state index contributed by atoms with van der Waals surface area (Å²) in [6, 6.07) is 1.30. The molecule has 0 fully saturated rings. The Morgan fingerprint density at radius 1 is 1.33 bits per heavy atom. The number of aromatic nitrogens is 3. The number of hydrogen-bond donors (Lipinski definition) is 0. The van der Waals surface area contributed by atoms with Crippen molar-refractivity contribution in [1.29, 1.82) is 0 Å². The highest BCUT2D eigenvalue weighted by molar-refractivity contribution is 7.89. The van der Waals surface area contributed by atoms with Gasteiger partial charge in [-0.2, -0.15) is 9.40 Å². The minimum absolute atomic E-state index is 0.0163. The molecule has 2 aromatic heterocycles. The first-order valence-electron chi connectivity index (χ1n) is 6.13. The summed E-state index contributed by atoms with van der Waals surface area (Å²) in [7, 11) is -1.91. The van der Waals surface area contributed by atoms with E-state index in [2.05, 4.69) is 10.1 Å². The monoisotopic (exact) mass is 348 g/mol. The zero-order valence-corrected chi connectivity index (χ0v) is 13.8. The number of pyridine rings is 1. The standard InChI is InChI=1S/C12H14Cl2N4O2S/c1-3-18(8-9-5-16-17(2)7-9)21(19,20)10-4-11(13)12(14)15-6-10/h4-7H,3,8H2,1-2H3. The van der Waals surface area contributed by atoms with Crippen LogP contribution in [0.3, 0.4) is 0 Å². The van der Waals surface area contributed by atoms with Gasteiger partial charge in [0.25, 0.3) is 0 Å². The van der Waals surface area contributed by atoms with Crippen molar-refractivity contribution in [3.05, 3.63) is 40.4 Å². The Balaban J connectivity index is 2.32. The van der Waals surface area contributed by atoms with E-state index >= 15 is 0 Å². The number of hydrogen-bond acceptors (Lipinski definition) is 4. The molecule has 0 saturated carbocycles. The normalized spacial score (nSPS) is 12.0. The molecule has 0 unspecified atom stereocenters. The third-order valence-electron chi connectivity index (χ3n) is 2.88. The highest BCUT2D eigenvalue weighted by atomic mass is 35.5. The van der Waals surface area contributed by atoms with E-state index < -0.39 is 10.0 Å². The topological polar surface area (TPSA) is 68.1 Å². The lowest BCUT2D eigenvalue weighted by atomic mass is 10.3. The van der Waals surface area contributed by atoms with Crippen LogP contribution in [0.5, 0.6) is 0 Å². The number of rotatable bonds is 5. The van der Waals surface area contributed by atoms with Crippen LogP contribution in [0, 0.1) is 0 Å². The van der Waals surface area contributed by atoms with Crippen LogP contribution in [0.25, 0.3) is 0 Å². The van der Waals surface area contributed by atoms with Crippen LogP contribution >= 0.6 is 23.2 Å². The number of aryl methyl sites for hydroxylation is 1. The van der Waals surface area contributed by atoms with Crippen LogP contribution in [0.15, 0.2) is 29.6 Å². The molecule has 0 bridgehead atoms. The molecule has 2 aromatic rings. The van der Waals surface area contributed by atoms with Crippen molar-refractivity contribution >= 4 is 33.2 Å². The maximum atomic E-state index is 12.6. The van der Waals surface area contributed by atoms with Crippen molar-refractivity contribution in [3.63, 3.8) is 0 Å². The second-order valence-corrected chi connectivity index (χ2v) is 7.10. The average Bonchev–Trinajstić information content (AvgIpc) is 2.84. The Hall–Kier alpha value is -1.15. The van der Waals surface area contributed by atoms with Gasteiger partial charge in [0.15, 0.2) is 0 Å². The van der Waals surface area contributed by atoms with Crippen LogP contribution < -0.4 is 0 Å². The molecule has 0 radical (unpaired) electrons. The van der Waals surface area contributed by atoms with Gasteiger partial charge in [0, 0.05) is 38.1 Å². The number of nitrogens with zero attached hydrogens (tertiary/aromatic N) is 4. The van der Waals surface area contributed by atoms with Crippen LogP contribution in [0.1, 0.15) is 12.5 Å². The quantitative estimate of drug-likeness (QED) is 0.777. The fourth-order valence-corrected chi connectivity index (χ4v) is 3.56. The Kier molecular flexibility index (Phi) is 4.88. The van der Waals surface area contributed by atoms with Gasteiger partial charge in [-0.3, -0.25) is 4.68 Å². The van der Waals surface area contributed by atoms with Crippen LogP contribution in [0.2, 0.25) is 10.2 Å². The van der Waals surface area contributed by atoms with Crippen LogP contribution in [-0.2, 0) is 23.6 Å². The molecule has 2 heterocycles. The first kappa shape index (κ1) is 16.2. The van der Waals surface area contributed by atoms with E-state index in [0.29, 0.717) is 6.54 Å². The van der Waals surface area contributed by atoms with Gasteiger partial charge in [0.2, 0.25) is 10.0 Å². The molecule has 21 heavy (non-hydrogen) atoms. The summed E-state index contributed by atoms with van der Waals surface area (Å²) in [5.74, 6) is 0. The van der Waals surface area contributed by atoms with Crippen molar-refractivity contribution in [2.24, 2.45) is 7.05 Å². The third kappa shape index (κ3) is 3.55. The average molecular weight is 349 g/mol. The molecular weight excluding hydrogens is 335 g/mol. The number of halogens is 2. The molecular formula is C12H14Cl2N4O2S. The smallest absolute Gasteiger partial charge is 0.244 e. The lowest BCUT2D eigenvalue weighted by molar-refractivity contribution is 0.423. The van der Waals surface area contributed by atoms with E-state index in [4.69, 9.17) is 23.2 Å². The van der Waals surface area contributed by atoms with E-state index in [1.165, 1.54) is 16.6 Å². The Labute approximate surface area is 133 Å². The molecule has 6 nitrogen and oxygen atoms in total. The molecule has 9 heteroatoms. The minimum atomic E-state index is -3.69. The summed E-state index contributed by atoms with van der Waals surface area (Å²) in [5, 5.41) is 4.21. The van der Waals surface area contributed by atoms with Crippen molar-refractivity contribution in [2.45, 2.75) is 18.4 Å². The lowest BCUT2D eigenvalue weighted by Crippen LogP contribution is -2.30. The first-order chi connectivity index (χ1) is 9.84. The van der Waals surface area contributed by atoms with Crippen molar-refractivity contribution in [3.8, 4) is 0 Å². The summed E-state index contributed by atoms with van der Waals surface area (Å²) < 4.78 is 28.1. The van der Waals surface area contributed by atoms with E-state index in [1.807, 2.05) is 0 Å². The Morgan fingerprint density at radius 3 is 2.57 bits per heavy atom. The van der Waals surface area contributed by atoms with Gasteiger partial charge in [-0.25, -0.2) is 13.4 Å². The maximum absolute atomic E-state index is 12.6. The van der Waals surface area contributed by atoms with E-state index in [0.717, 1.165) is 5.56 Å². The van der Waals surface area contributed by atoms with Crippen LogP contribution in [0.4, 0.5) is 0 Å². The van der Waals surface area contributed by atoms with Gasteiger partial charge in [0.05, 0.1) is 11.2 Å². The van der Waals surface area contributed by atoms with Gasteiger partial charge < -0.3 is 0 Å². The Morgan fingerprint density at radius 2 is 2.05 bits per heavy atom. The Bertz CT molecular complexity index is 745. The fraction of sp³-hybridized carbons (Fsp3) is 0.333. The molecule has 0 amide bonds. The largest absolute Gasteiger partial charge is 0.275 e. The SMILES string of the molecule is CCN(Cc1cnn(C)c1)S(=O)(=O)c1cnc(Cl)c(Cl)c1. The molecule has 0 aliphatic rings. The first-order valence-corrected chi connectivity index (χ1v) is 8.33. The predicted octanol–water partition coefficient (Wildman–Crippen LogP) is 2.33. The van der Waals surface area contributed by atoms with Crippen LogP contribution in [-0.4, -0.2) is 34.0 Å². The second-order valence-electron chi connectivity index (χ2n) is 4.40. The van der Waals surface area contributed by atoms with Crippen molar-refractivity contribution in [2.75, 3.05) is 6.54 Å². The van der Waals surface area contributed by atoms with Gasteiger partial charge >= 0.3 is 0 Å². The molecule has 0 spiro atoms. The number of sulfonamides is 1. The molecule has 0 N–H and O–H groups in total. The highest BCUT2D eigenvalue weighted by Crippen LogP contribution is 2.24. The van der Waals surface area contributed by atoms with E-state index in [-0.39, 0.29) is 21.6 Å². The van der Waals surface area contributed by atoms with Crippen molar-refractivity contribution < 1.29 is 8.42 Å². The zero-order chi connectivity index (χ0) is 15.6. The molecule has 0 aromatic carbocycles. The molecule has 114 valence electrons. The molecule has 0 saturated heterocycles. The van der Waals surface area contributed by atoms with Crippen molar-refractivity contribution in [1.82, 2.24) is 19.1 Å². The summed E-state index contributed by atoms with van der Waals surface area (Å²) in [6.45, 7) is 2.31. The molecule has 0 aliphatic carbocycles. The second kappa shape index (κ2) is 6.31. The van der Waals surface area contributed by atoms with E-state index in [9.17, 15) is 8.42 Å². The highest BCUT2D eigenvalue weighted by Gasteiger charge is 2.24. The molecule has 2 rings (SSSR count). The van der Waals surface area contributed by atoms with E-state index in [1.54, 1.807) is 31.0 Å². The summed E-state index contributed by atoms with van der Waals surface area (Å²) in [4.78, 5) is 3.80. The molecule has 0 aliphatic heterocycles. The van der Waals surface area contributed by atoms with Gasteiger partial charge in [0.1, 0.15) is 10.0 Å². The summed E-state index contributed by atoms with van der Waals surface area (Å²) in [6.07, 6.45) is 4.60. The fourth-order valence-electron chi connectivity index (χ4n) is 1.82. The third-order valence-corrected chi connectivity index (χ3v) is 5.45. The van der Waals surface area contributed by atoms with Gasteiger partial charge in [-0.15, -0.1) is 0 Å². The molecule has 0 atom stereocenters. The van der Waals surface area contributed by atoms with Gasteiger partial charge in [-0.05, 0) is 6.07 Å². The summed E-state index contributed by atoms with van der Waals surface area (Å²) >= 11 is 11.6. The maximum Gasteiger partial charge on any atom is 0.244 e. The zero-order valence-electron chi connectivity index (χ0n) is 11.5. The predicted molar refractivity (Wildman–Crippen MR) is 80.7 cm³/mol.